The first-order valence-corrected chi connectivity index (χ1v) is 6.24. The van der Waals surface area contributed by atoms with Gasteiger partial charge in [0.1, 0.15) is 5.69 Å². The predicted molar refractivity (Wildman–Crippen MR) is 69.8 cm³/mol. The number of rotatable bonds is 4. The zero-order chi connectivity index (χ0) is 13.7. The summed E-state index contributed by atoms with van der Waals surface area (Å²) in [5.41, 5.74) is 0.787. The van der Waals surface area contributed by atoms with Crippen molar-refractivity contribution in [3.05, 3.63) is 15.8 Å². The second-order valence-corrected chi connectivity index (χ2v) is 5.97. The summed E-state index contributed by atoms with van der Waals surface area (Å²) in [7, 11) is 0. The molecule has 1 aromatic heterocycles. The second-order valence-electron chi connectivity index (χ2n) is 5.97. The smallest absolute Gasteiger partial charge is 0.333 e. The third kappa shape index (κ3) is 2.07. The molecule has 1 unspecified atom stereocenters. The van der Waals surface area contributed by atoms with Crippen LogP contribution in [0, 0.1) is 22.5 Å². The van der Waals surface area contributed by atoms with E-state index in [4.69, 9.17) is 0 Å². The van der Waals surface area contributed by atoms with Crippen LogP contribution in [0.25, 0.3) is 0 Å². The van der Waals surface area contributed by atoms with Crippen LogP contribution < -0.4 is 5.32 Å². The predicted octanol–water partition coefficient (Wildman–Crippen LogP) is 2.89. The van der Waals surface area contributed by atoms with Gasteiger partial charge in [-0.1, -0.05) is 13.8 Å². The van der Waals surface area contributed by atoms with E-state index in [0.717, 1.165) is 6.42 Å². The Morgan fingerprint density at radius 2 is 2.11 bits per heavy atom. The highest BCUT2D eigenvalue weighted by Gasteiger charge is 2.47. The number of anilines is 1. The average Bonchev–Trinajstić information content (AvgIpc) is 2.67. The molecule has 0 aliphatic heterocycles. The minimum absolute atomic E-state index is 0.0989. The van der Waals surface area contributed by atoms with E-state index in [1.165, 1.54) is 0 Å². The minimum Gasteiger partial charge on any atom is -0.361 e. The molecule has 1 N–H and O–H groups in total. The molecular weight excluding hydrogens is 232 g/mol. The number of aryl methyl sites for hydroxylation is 1. The Kier molecular flexibility index (Phi) is 2.83. The van der Waals surface area contributed by atoms with Crippen molar-refractivity contribution in [2.45, 2.75) is 53.1 Å². The van der Waals surface area contributed by atoms with E-state index in [2.05, 4.69) is 24.3 Å². The Labute approximate surface area is 107 Å². The Bertz CT molecular complexity index is 491. The van der Waals surface area contributed by atoms with Gasteiger partial charge < -0.3 is 5.32 Å². The van der Waals surface area contributed by atoms with Crippen molar-refractivity contribution in [3.8, 4) is 0 Å². The summed E-state index contributed by atoms with van der Waals surface area (Å²) >= 11 is 0. The SMILES string of the molecule is Cc1nn(C(C)C)c(NC2CC2(C)C)c1[N+](=O)[O-]. The summed E-state index contributed by atoms with van der Waals surface area (Å²) < 4.78 is 1.71. The van der Waals surface area contributed by atoms with Gasteiger partial charge in [-0.05, 0) is 32.6 Å². The van der Waals surface area contributed by atoms with Crippen molar-refractivity contribution in [1.82, 2.24) is 9.78 Å². The van der Waals surface area contributed by atoms with E-state index < -0.39 is 0 Å². The molecule has 2 rings (SSSR count). The van der Waals surface area contributed by atoms with Gasteiger partial charge >= 0.3 is 5.69 Å². The number of nitrogens with zero attached hydrogens (tertiary/aromatic N) is 3. The summed E-state index contributed by atoms with van der Waals surface area (Å²) in [4.78, 5) is 10.8. The third-order valence-corrected chi connectivity index (χ3v) is 3.55. The highest BCUT2D eigenvalue weighted by atomic mass is 16.6. The Hall–Kier alpha value is -1.59. The van der Waals surface area contributed by atoms with Crippen LogP contribution in [0.15, 0.2) is 0 Å². The normalized spacial score (nSPS) is 21.1. The van der Waals surface area contributed by atoms with Crippen LogP contribution in [-0.4, -0.2) is 20.7 Å². The Morgan fingerprint density at radius 3 is 2.50 bits per heavy atom. The van der Waals surface area contributed by atoms with Gasteiger partial charge in [0.15, 0.2) is 0 Å². The van der Waals surface area contributed by atoms with E-state index in [-0.39, 0.29) is 22.1 Å². The van der Waals surface area contributed by atoms with Crippen LogP contribution in [0.1, 0.15) is 45.9 Å². The fraction of sp³-hybridized carbons (Fsp3) is 0.750. The van der Waals surface area contributed by atoms with Crippen molar-refractivity contribution in [2.75, 3.05) is 5.32 Å². The number of aromatic nitrogens is 2. The van der Waals surface area contributed by atoms with E-state index in [1.807, 2.05) is 13.8 Å². The molecule has 1 saturated carbocycles. The maximum atomic E-state index is 11.2. The Balaban J connectivity index is 2.39. The van der Waals surface area contributed by atoms with E-state index in [0.29, 0.717) is 17.6 Å². The van der Waals surface area contributed by atoms with Crippen molar-refractivity contribution in [2.24, 2.45) is 5.41 Å². The number of nitrogens with one attached hydrogen (secondary N) is 1. The van der Waals surface area contributed by atoms with Gasteiger partial charge in [-0.2, -0.15) is 5.10 Å². The lowest BCUT2D eigenvalue weighted by Crippen LogP contribution is -2.15. The summed E-state index contributed by atoms with van der Waals surface area (Å²) in [6.45, 7) is 9.93. The lowest BCUT2D eigenvalue weighted by Gasteiger charge is -2.12. The second kappa shape index (κ2) is 3.96. The van der Waals surface area contributed by atoms with Crippen LogP contribution >= 0.6 is 0 Å². The lowest BCUT2D eigenvalue weighted by molar-refractivity contribution is -0.384. The first kappa shape index (κ1) is 12.9. The highest BCUT2D eigenvalue weighted by Crippen LogP contribution is 2.48. The van der Waals surface area contributed by atoms with Gasteiger partial charge in [0.2, 0.25) is 5.82 Å². The molecule has 1 fully saturated rings. The summed E-state index contributed by atoms with van der Waals surface area (Å²) in [6, 6.07) is 0.395. The molecule has 1 aliphatic carbocycles. The largest absolute Gasteiger partial charge is 0.361 e. The number of hydrogen-bond acceptors (Lipinski definition) is 4. The van der Waals surface area contributed by atoms with Gasteiger partial charge in [-0.3, -0.25) is 10.1 Å². The zero-order valence-corrected chi connectivity index (χ0v) is 11.5. The van der Waals surface area contributed by atoms with E-state index >= 15 is 0 Å². The van der Waals surface area contributed by atoms with Crippen molar-refractivity contribution in [1.29, 1.82) is 0 Å². The zero-order valence-electron chi connectivity index (χ0n) is 11.5. The van der Waals surface area contributed by atoms with Crippen molar-refractivity contribution < 1.29 is 4.92 Å². The first-order chi connectivity index (χ1) is 8.24. The molecule has 1 aliphatic rings. The Morgan fingerprint density at radius 1 is 1.56 bits per heavy atom. The molecule has 100 valence electrons. The van der Waals surface area contributed by atoms with Crippen LogP contribution in [-0.2, 0) is 0 Å². The molecule has 0 amide bonds. The minimum atomic E-state index is -0.348. The molecule has 18 heavy (non-hydrogen) atoms. The number of hydrogen-bond donors (Lipinski definition) is 1. The molecule has 0 radical (unpaired) electrons. The van der Waals surface area contributed by atoms with E-state index in [1.54, 1.807) is 11.6 Å². The summed E-state index contributed by atoms with van der Waals surface area (Å²) in [5, 5.41) is 18.7. The van der Waals surface area contributed by atoms with Crippen LogP contribution in [0.5, 0.6) is 0 Å². The highest BCUT2D eigenvalue weighted by molar-refractivity contribution is 5.61. The average molecular weight is 252 g/mol. The van der Waals surface area contributed by atoms with Gasteiger partial charge in [-0.15, -0.1) is 0 Å². The quantitative estimate of drug-likeness (QED) is 0.660. The topological polar surface area (TPSA) is 73.0 Å². The van der Waals surface area contributed by atoms with Crippen molar-refractivity contribution in [3.63, 3.8) is 0 Å². The fourth-order valence-electron chi connectivity index (χ4n) is 2.14. The molecule has 6 heteroatoms. The summed E-state index contributed by atoms with van der Waals surface area (Å²) in [5.74, 6) is 0.545. The van der Waals surface area contributed by atoms with E-state index in [9.17, 15) is 10.1 Å². The van der Waals surface area contributed by atoms with Crippen LogP contribution in [0.3, 0.4) is 0 Å². The molecule has 6 nitrogen and oxygen atoms in total. The molecule has 0 bridgehead atoms. The molecule has 1 heterocycles. The summed E-state index contributed by atoms with van der Waals surface area (Å²) in [6.07, 6.45) is 1.03. The molecule has 0 spiro atoms. The molecular formula is C12H20N4O2. The molecule has 1 atom stereocenters. The van der Waals surface area contributed by atoms with Crippen molar-refractivity contribution >= 4 is 11.5 Å². The maximum absolute atomic E-state index is 11.2. The third-order valence-electron chi connectivity index (χ3n) is 3.55. The van der Waals surface area contributed by atoms with Crippen LogP contribution in [0.4, 0.5) is 11.5 Å². The standard InChI is InChI=1S/C12H20N4O2/c1-7(2)15-11(13-9-6-12(9,4)5)10(16(17)18)8(3)14-15/h7,9,13H,6H2,1-5H3. The molecule has 0 saturated heterocycles. The number of nitro groups is 1. The first-order valence-electron chi connectivity index (χ1n) is 6.24. The van der Waals surface area contributed by atoms with Gasteiger partial charge in [0.25, 0.3) is 0 Å². The molecule has 0 aromatic carbocycles. The lowest BCUT2D eigenvalue weighted by atomic mass is 10.2. The van der Waals surface area contributed by atoms with Gasteiger partial charge in [0, 0.05) is 12.1 Å². The maximum Gasteiger partial charge on any atom is 0.333 e. The molecule has 1 aromatic rings. The van der Waals surface area contributed by atoms with Gasteiger partial charge in [0.05, 0.1) is 4.92 Å². The van der Waals surface area contributed by atoms with Gasteiger partial charge in [-0.25, -0.2) is 4.68 Å². The monoisotopic (exact) mass is 252 g/mol. The fourth-order valence-corrected chi connectivity index (χ4v) is 2.14. The van der Waals surface area contributed by atoms with Crippen LogP contribution in [0.2, 0.25) is 0 Å².